The molecule has 0 saturated carbocycles. The van der Waals surface area contributed by atoms with Gasteiger partial charge in [-0.3, -0.25) is 0 Å². The van der Waals surface area contributed by atoms with E-state index in [1.54, 1.807) is 0 Å². The highest BCUT2D eigenvalue weighted by Crippen LogP contribution is 1.99. The van der Waals surface area contributed by atoms with E-state index in [9.17, 15) is 0 Å². The molecule has 1 heterocycles. The fourth-order valence-corrected chi connectivity index (χ4v) is 1.27. The molecule has 1 nitrogen and oxygen atoms in total. The van der Waals surface area contributed by atoms with E-state index in [1.165, 1.54) is 12.8 Å². The van der Waals surface area contributed by atoms with Gasteiger partial charge in [-0.1, -0.05) is 19.4 Å². The van der Waals surface area contributed by atoms with E-state index >= 15 is 0 Å². The summed E-state index contributed by atoms with van der Waals surface area (Å²) in [5.41, 5.74) is 0. The van der Waals surface area contributed by atoms with Crippen molar-refractivity contribution in [1.82, 2.24) is 0 Å². The summed E-state index contributed by atoms with van der Waals surface area (Å²) in [5.74, 6) is 0.640. The van der Waals surface area contributed by atoms with Gasteiger partial charge in [-0.2, -0.15) is 0 Å². The van der Waals surface area contributed by atoms with Crippen molar-refractivity contribution in [3.8, 4) is 0 Å². The van der Waals surface area contributed by atoms with Gasteiger partial charge in [-0.25, -0.2) is 4.57 Å². The third kappa shape index (κ3) is 2.37. The Bertz CT molecular complexity index is 198. The van der Waals surface area contributed by atoms with E-state index < -0.39 is 0 Å². The highest BCUT2D eigenvalue weighted by Gasteiger charge is 2.08. The highest BCUT2D eigenvalue weighted by atomic mass is 14.9. The number of rotatable bonds is 3. The van der Waals surface area contributed by atoms with Crippen molar-refractivity contribution in [1.29, 1.82) is 0 Å². The van der Waals surface area contributed by atoms with Gasteiger partial charge in [-0.15, -0.1) is 0 Å². The number of aromatic nitrogens is 1. The zero-order valence-electron chi connectivity index (χ0n) is 7.33. The molecule has 1 unspecified atom stereocenters. The summed E-state index contributed by atoms with van der Waals surface area (Å²) in [6.07, 6.45) is 6.76. The smallest absolute Gasteiger partial charge is 0.191 e. The molecular weight excluding hydrogens is 133 g/mol. The SMILES string of the molecule is BC(CCC)[n+]1ccccc1. The van der Waals surface area contributed by atoms with Crippen LogP contribution in [0.4, 0.5) is 0 Å². The first kappa shape index (κ1) is 8.31. The Morgan fingerprint density at radius 2 is 1.91 bits per heavy atom. The number of pyridine rings is 1. The minimum Gasteiger partial charge on any atom is -0.212 e. The highest BCUT2D eigenvalue weighted by molar-refractivity contribution is 6.09. The van der Waals surface area contributed by atoms with Gasteiger partial charge in [0.25, 0.3) is 0 Å². The van der Waals surface area contributed by atoms with E-state index in [1.807, 2.05) is 0 Å². The predicted molar refractivity (Wildman–Crippen MR) is 49.1 cm³/mol. The molecule has 1 rings (SSSR count). The molecule has 0 aliphatic rings. The maximum absolute atomic E-state index is 2.25. The second-order valence-corrected chi connectivity index (χ2v) is 2.96. The zero-order chi connectivity index (χ0) is 8.10. The van der Waals surface area contributed by atoms with Crippen molar-refractivity contribution in [2.75, 3.05) is 0 Å². The van der Waals surface area contributed by atoms with Crippen LogP contribution in [0.2, 0.25) is 0 Å². The first-order valence-corrected chi connectivity index (χ1v) is 4.30. The van der Waals surface area contributed by atoms with Gasteiger partial charge >= 0.3 is 0 Å². The quantitative estimate of drug-likeness (QED) is 0.443. The first-order valence-electron chi connectivity index (χ1n) is 4.30. The van der Waals surface area contributed by atoms with Crippen molar-refractivity contribution in [2.24, 2.45) is 0 Å². The molecule has 0 N–H and O–H groups in total. The first-order chi connectivity index (χ1) is 5.34. The average molecular weight is 148 g/mol. The molecule has 0 aliphatic carbocycles. The fraction of sp³-hybridized carbons (Fsp3) is 0.444. The second kappa shape index (κ2) is 4.17. The molecule has 1 aromatic heterocycles. The van der Waals surface area contributed by atoms with Crippen LogP contribution in [0.5, 0.6) is 0 Å². The standard InChI is InChI=1S/C9H15BN/c1-2-6-9(10)11-7-4-3-5-8-11/h3-5,7-9H,2,6,10H2,1H3/q+1. The summed E-state index contributed by atoms with van der Waals surface area (Å²) in [4.78, 5) is 0. The molecule has 0 amide bonds. The van der Waals surface area contributed by atoms with E-state index in [-0.39, 0.29) is 0 Å². The average Bonchev–Trinajstić information content (AvgIpc) is 2.07. The lowest BCUT2D eigenvalue weighted by Crippen LogP contribution is -2.38. The van der Waals surface area contributed by atoms with E-state index in [2.05, 4.69) is 49.9 Å². The minimum absolute atomic E-state index is 0.640. The molecule has 1 atom stereocenters. The van der Waals surface area contributed by atoms with Crippen molar-refractivity contribution >= 4 is 7.85 Å². The van der Waals surface area contributed by atoms with Crippen molar-refractivity contribution in [3.05, 3.63) is 30.6 Å². The van der Waals surface area contributed by atoms with Crippen LogP contribution in [0.1, 0.15) is 25.7 Å². The van der Waals surface area contributed by atoms with Gasteiger partial charge in [0.05, 0.1) is 0 Å². The van der Waals surface area contributed by atoms with Crippen LogP contribution in [0.3, 0.4) is 0 Å². The van der Waals surface area contributed by atoms with Crippen molar-refractivity contribution in [2.45, 2.75) is 25.7 Å². The lowest BCUT2D eigenvalue weighted by atomic mass is 9.92. The summed E-state index contributed by atoms with van der Waals surface area (Å²) < 4.78 is 2.25. The summed E-state index contributed by atoms with van der Waals surface area (Å²) in [7, 11) is 2.25. The van der Waals surface area contributed by atoms with Gasteiger partial charge in [-0.05, 0) is 6.42 Å². The Morgan fingerprint density at radius 1 is 1.27 bits per heavy atom. The Kier molecular flexibility index (Phi) is 3.15. The van der Waals surface area contributed by atoms with Gasteiger partial charge in [0, 0.05) is 12.1 Å². The van der Waals surface area contributed by atoms with Crippen molar-refractivity contribution in [3.63, 3.8) is 0 Å². The Morgan fingerprint density at radius 3 is 2.45 bits per heavy atom. The minimum atomic E-state index is 0.640. The van der Waals surface area contributed by atoms with Crippen LogP contribution in [-0.4, -0.2) is 7.85 Å². The zero-order valence-corrected chi connectivity index (χ0v) is 7.33. The molecule has 0 radical (unpaired) electrons. The Hall–Kier alpha value is -0.785. The summed E-state index contributed by atoms with van der Waals surface area (Å²) in [5, 5.41) is 0. The molecule has 2 heteroatoms. The lowest BCUT2D eigenvalue weighted by molar-refractivity contribution is -0.703. The van der Waals surface area contributed by atoms with Gasteiger partial charge < -0.3 is 0 Å². The van der Waals surface area contributed by atoms with Gasteiger partial charge in [0.1, 0.15) is 5.94 Å². The maximum Gasteiger partial charge on any atom is 0.191 e. The summed E-state index contributed by atoms with van der Waals surface area (Å²) in [6, 6.07) is 6.20. The molecule has 0 aromatic carbocycles. The topological polar surface area (TPSA) is 3.88 Å². The van der Waals surface area contributed by atoms with E-state index in [0.717, 1.165) is 0 Å². The van der Waals surface area contributed by atoms with Crippen LogP contribution in [0, 0.1) is 0 Å². The second-order valence-electron chi connectivity index (χ2n) is 2.96. The lowest BCUT2D eigenvalue weighted by Gasteiger charge is -2.03. The van der Waals surface area contributed by atoms with E-state index in [0.29, 0.717) is 5.94 Å². The van der Waals surface area contributed by atoms with Crippen LogP contribution < -0.4 is 4.57 Å². The van der Waals surface area contributed by atoms with Crippen molar-refractivity contribution < 1.29 is 4.57 Å². The molecule has 58 valence electrons. The number of hydrogen-bond donors (Lipinski definition) is 0. The molecule has 0 saturated heterocycles. The fourth-order valence-electron chi connectivity index (χ4n) is 1.27. The van der Waals surface area contributed by atoms with Gasteiger partial charge in [0.15, 0.2) is 20.2 Å². The number of nitrogens with zero attached hydrogens (tertiary/aromatic N) is 1. The molecule has 0 spiro atoms. The third-order valence-electron chi connectivity index (χ3n) is 1.95. The summed E-state index contributed by atoms with van der Waals surface area (Å²) >= 11 is 0. The molecule has 0 fully saturated rings. The maximum atomic E-state index is 2.25. The third-order valence-corrected chi connectivity index (χ3v) is 1.95. The predicted octanol–water partition coefficient (Wildman–Crippen LogP) is 0.906. The summed E-state index contributed by atoms with van der Waals surface area (Å²) in [6.45, 7) is 2.22. The van der Waals surface area contributed by atoms with Crippen LogP contribution in [0.25, 0.3) is 0 Å². The van der Waals surface area contributed by atoms with Crippen LogP contribution >= 0.6 is 0 Å². The van der Waals surface area contributed by atoms with Gasteiger partial charge in [0.2, 0.25) is 0 Å². The van der Waals surface area contributed by atoms with Crippen LogP contribution in [-0.2, 0) is 0 Å². The monoisotopic (exact) mass is 148 g/mol. The normalized spacial score (nSPS) is 12.8. The largest absolute Gasteiger partial charge is 0.212 e. The number of hydrogen-bond acceptors (Lipinski definition) is 0. The Balaban J connectivity index is 2.61. The molecule has 11 heavy (non-hydrogen) atoms. The van der Waals surface area contributed by atoms with E-state index in [4.69, 9.17) is 0 Å². The molecule has 1 aromatic rings. The Labute approximate surface area is 69.5 Å². The van der Waals surface area contributed by atoms with Crippen LogP contribution in [0.15, 0.2) is 30.6 Å². The molecule has 0 bridgehead atoms. The molecule has 0 aliphatic heterocycles. The molecular formula is C9H15BN+.